The summed E-state index contributed by atoms with van der Waals surface area (Å²) in [6.45, 7) is 0.260. The van der Waals surface area contributed by atoms with E-state index in [0.717, 1.165) is 0 Å². The molecule has 0 aromatic carbocycles. The number of sulfonamides is 1. The van der Waals surface area contributed by atoms with Gasteiger partial charge < -0.3 is 14.7 Å². The number of rotatable bonds is 6. The van der Waals surface area contributed by atoms with Crippen molar-refractivity contribution in [1.82, 2.24) is 14.9 Å². The normalized spacial score (nSPS) is 11.9. The third-order valence-electron chi connectivity index (χ3n) is 2.24. The SMILES string of the molecule is NCc1cc(S(=O)(=O)NCCc2ncno2)c(Br)o1. The number of nitrogens with one attached hydrogen (secondary N) is 1. The molecule has 0 aliphatic heterocycles. The first-order valence-corrected chi connectivity index (χ1v) is 7.54. The Kier molecular flexibility index (Phi) is 4.34. The van der Waals surface area contributed by atoms with Crippen molar-refractivity contribution >= 4 is 26.0 Å². The Morgan fingerprint density at radius 2 is 2.26 bits per heavy atom. The molecule has 0 bridgehead atoms. The Morgan fingerprint density at radius 3 is 2.84 bits per heavy atom. The molecule has 0 saturated carbocycles. The van der Waals surface area contributed by atoms with Crippen molar-refractivity contribution in [3.8, 4) is 0 Å². The quantitative estimate of drug-likeness (QED) is 0.772. The second kappa shape index (κ2) is 5.82. The van der Waals surface area contributed by atoms with E-state index >= 15 is 0 Å². The average Bonchev–Trinajstić information content (AvgIpc) is 2.98. The van der Waals surface area contributed by atoms with Crippen molar-refractivity contribution in [1.29, 1.82) is 0 Å². The Morgan fingerprint density at radius 1 is 1.47 bits per heavy atom. The zero-order valence-electron chi connectivity index (χ0n) is 9.67. The zero-order chi connectivity index (χ0) is 13.9. The molecule has 19 heavy (non-hydrogen) atoms. The van der Waals surface area contributed by atoms with Crippen LogP contribution in [0.3, 0.4) is 0 Å². The van der Waals surface area contributed by atoms with Crippen LogP contribution in [0.4, 0.5) is 0 Å². The molecule has 0 atom stereocenters. The maximum Gasteiger partial charge on any atom is 0.244 e. The summed E-state index contributed by atoms with van der Waals surface area (Å²) < 4.78 is 36.4. The van der Waals surface area contributed by atoms with Gasteiger partial charge in [0.1, 0.15) is 10.7 Å². The summed E-state index contributed by atoms with van der Waals surface area (Å²) in [5.74, 6) is 0.737. The van der Waals surface area contributed by atoms with Crippen LogP contribution in [0, 0.1) is 0 Å². The molecule has 104 valence electrons. The van der Waals surface area contributed by atoms with E-state index in [0.29, 0.717) is 18.1 Å². The van der Waals surface area contributed by atoms with Gasteiger partial charge in [-0.1, -0.05) is 5.16 Å². The highest BCUT2D eigenvalue weighted by atomic mass is 79.9. The molecule has 0 spiro atoms. The topological polar surface area (TPSA) is 124 Å². The van der Waals surface area contributed by atoms with Crippen molar-refractivity contribution < 1.29 is 17.4 Å². The average molecular weight is 351 g/mol. The van der Waals surface area contributed by atoms with Gasteiger partial charge in [-0.2, -0.15) is 4.98 Å². The lowest BCUT2D eigenvalue weighted by molar-refractivity contribution is 0.377. The number of nitrogens with zero attached hydrogens (tertiary/aromatic N) is 2. The van der Waals surface area contributed by atoms with E-state index < -0.39 is 10.0 Å². The standard InChI is InChI=1S/C9H11BrN4O4S/c10-9-7(3-6(4-11)17-9)19(15,16)14-2-1-8-12-5-13-18-8/h3,5,14H,1-2,4,11H2. The number of furan rings is 1. The smallest absolute Gasteiger partial charge is 0.244 e. The molecule has 2 heterocycles. The highest BCUT2D eigenvalue weighted by Crippen LogP contribution is 2.25. The van der Waals surface area contributed by atoms with Gasteiger partial charge in [0, 0.05) is 19.0 Å². The predicted octanol–water partition coefficient (Wildman–Crippen LogP) is 0.405. The fraction of sp³-hybridized carbons (Fsp3) is 0.333. The first-order valence-electron chi connectivity index (χ1n) is 5.26. The summed E-state index contributed by atoms with van der Waals surface area (Å²) in [5.41, 5.74) is 5.38. The summed E-state index contributed by atoms with van der Waals surface area (Å²) in [6, 6.07) is 1.37. The van der Waals surface area contributed by atoms with Gasteiger partial charge in [0.15, 0.2) is 11.0 Å². The second-order valence-electron chi connectivity index (χ2n) is 3.54. The van der Waals surface area contributed by atoms with Crippen molar-refractivity contribution in [3.63, 3.8) is 0 Å². The van der Waals surface area contributed by atoms with E-state index in [4.69, 9.17) is 14.7 Å². The van der Waals surface area contributed by atoms with Crippen molar-refractivity contribution in [2.45, 2.75) is 17.9 Å². The Bertz CT molecular complexity index is 637. The minimum atomic E-state index is -3.67. The van der Waals surface area contributed by atoms with E-state index in [1.807, 2.05) is 0 Å². The van der Waals surface area contributed by atoms with Crippen LogP contribution in [0.5, 0.6) is 0 Å². The molecule has 0 aliphatic carbocycles. The van der Waals surface area contributed by atoms with Crippen LogP contribution in [0.15, 0.2) is 30.9 Å². The molecule has 10 heteroatoms. The molecule has 0 aliphatic rings. The number of nitrogens with two attached hydrogens (primary N) is 1. The summed E-state index contributed by atoms with van der Waals surface area (Å²) in [7, 11) is -3.67. The van der Waals surface area contributed by atoms with Crippen LogP contribution in [-0.2, 0) is 23.0 Å². The summed E-state index contributed by atoms with van der Waals surface area (Å²) in [4.78, 5) is 3.80. The highest BCUT2D eigenvalue weighted by Gasteiger charge is 2.21. The van der Waals surface area contributed by atoms with E-state index in [1.54, 1.807) is 0 Å². The minimum Gasteiger partial charge on any atom is -0.452 e. The molecule has 8 nitrogen and oxygen atoms in total. The molecule has 0 amide bonds. The van der Waals surface area contributed by atoms with Crippen LogP contribution in [-0.4, -0.2) is 25.1 Å². The molecular weight excluding hydrogens is 340 g/mol. The molecule has 2 aromatic rings. The third-order valence-corrected chi connectivity index (χ3v) is 4.55. The largest absolute Gasteiger partial charge is 0.452 e. The van der Waals surface area contributed by atoms with E-state index in [9.17, 15) is 8.42 Å². The van der Waals surface area contributed by atoms with E-state index in [1.165, 1.54) is 12.4 Å². The number of hydrogen-bond acceptors (Lipinski definition) is 7. The maximum absolute atomic E-state index is 12.0. The number of aromatic nitrogens is 2. The monoisotopic (exact) mass is 350 g/mol. The van der Waals surface area contributed by atoms with Crippen LogP contribution in [0.1, 0.15) is 11.7 Å². The Balaban J connectivity index is 2.03. The van der Waals surface area contributed by atoms with Crippen LogP contribution in [0.25, 0.3) is 0 Å². The van der Waals surface area contributed by atoms with Crippen molar-refractivity contribution in [3.05, 3.63) is 28.7 Å². The zero-order valence-corrected chi connectivity index (χ0v) is 12.1. The highest BCUT2D eigenvalue weighted by molar-refractivity contribution is 9.10. The number of halogens is 1. The lowest BCUT2D eigenvalue weighted by Gasteiger charge is -2.02. The van der Waals surface area contributed by atoms with Crippen molar-refractivity contribution in [2.24, 2.45) is 5.73 Å². The maximum atomic E-state index is 12.0. The second-order valence-corrected chi connectivity index (χ2v) is 5.99. The van der Waals surface area contributed by atoms with Crippen LogP contribution in [0.2, 0.25) is 0 Å². The fourth-order valence-corrected chi connectivity index (χ4v) is 3.39. The minimum absolute atomic E-state index is 0.0125. The predicted molar refractivity (Wildman–Crippen MR) is 67.5 cm³/mol. The van der Waals surface area contributed by atoms with E-state index in [2.05, 4.69) is 30.8 Å². The molecule has 0 saturated heterocycles. The molecule has 0 unspecified atom stereocenters. The van der Waals surface area contributed by atoms with Crippen molar-refractivity contribution in [2.75, 3.05) is 6.54 Å². The molecule has 2 rings (SSSR count). The van der Waals surface area contributed by atoms with Gasteiger partial charge in [0.05, 0.1) is 6.54 Å². The van der Waals surface area contributed by atoms with Gasteiger partial charge in [-0.05, 0) is 15.9 Å². The van der Waals surface area contributed by atoms with Gasteiger partial charge >= 0.3 is 0 Å². The third kappa shape index (κ3) is 3.41. The number of hydrogen-bond donors (Lipinski definition) is 2. The van der Waals surface area contributed by atoms with Gasteiger partial charge in [-0.3, -0.25) is 0 Å². The molecule has 0 fully saturated rings. The fourth-order valence-electron chi connectivity index (χ4n) is 1.36. The lowest BCUT2D eigenvalue weighted by atomic mass is 10.4. The molecule has 0 radical (unpaired) electrons. The molecular formula is C9H11BrN4O4S. The molecule has 2 aromatic heterocycles. The van der Waals surface area contributed by atoms with Gasteiger partial charge in [-0.15, -0.1) is 0 Å². The molecule has 3 N–H and O–H groups in total. The first kappa shape index (κ1) is 14.2. The lowest BCUT2D eigenvalue weighted by Crippen LogP contribution is -2.26. The first-order chi connectivity index (χ1) is 9.03. The van der Waals surface area contributed by atoms with E-state index in [-0.39, 0.29) is 22.7 Å². The van der Waals surface area contributed by atoms with Crippen LogP contribution >= 0.6 is 15.9 Å². The summed E-state index contributed by atoms with van der Waals surface area (Å²) in [5, 5.41) is 3.42. The Labute approximate surface area is 117 Å². The van der Waals surface area contributed by atoms with Crippen LogP contribution < -0.4 is 10.5 Å². The summed E-state index contributed by atoms with van der Waals surface area (Å²) >= 11 is 3.04. The summed E-state index contributed by atoms with van der Waals surface area (Å²) in [6.07, 6.45) is 1.56. The van der Waals surface area contributed by atoms with Gasteiger partial charge in [0.2, 0.25) is 15.9 Å². The Hall–Kier alpha value is -1.23. The van der Waals surface area contributed by atoms with Gasteiger partial charge in [0.25, 0.3) is 0 Å². The van der Waals surface area contributed by atoms with Gasteiger partial charge in [-0.25, -0.2) is 13.1 Å².